The lowest BCUT2D eigenvalue weighted by atomic mass is 9.47. The van der Waals surface area contributed by atoms with Gasteiger partial charge >= 0.3 is 0 Å². The molecule has 0 aromatic heterocycles. The van der Waals surface area contributed by atoms with Gasteiger partial charge in [-0.3, -0.25) is 0 Å². The first-order valence-electron chi connectivity index (χ1n) is 9.07. The van der Waals surface area contributed by atoms with E-state index >= 15 is 0 Å². The largest absolute Gasteiger partial charge is 0.393 e. The van der Waals surface area contributed by atoms with Gasteiger partial charge in [-0.15, -0.1) is 0 Å². The number of aliphatic hydroxyl groups is 2. The maximum absolute atomic E-state index is 14.7. The molecule has 3 heteroatoms. The normalized spacial score (nSPS) is 57.6. The van der Waals surface area contributed by atoms with Gasteiger partial charge < -0.3 is 10.2 Å². The Hall–Kier alpha value is -0.410. The number of halogens is 1. The van der Waals surface area contributed by atoms with Gasteiger partial charge in [0.25, 0.3) is 0 Å². The molecule has 2 N–H and O–H groups in total. The van der Waals surface area contributed by atoms with Crippen LogP contribution in [0.4, 0.5) is 4.39 Å². The monoisotopic (exact) mass is 308 g/mol. The van der Waals surface area contributed by atoms with E-state index in [1.807, 2.05) is 6.92 Å². The Bertz CT molecular complexity index is 514. The summed E-state index contributed by atoms with van der Waals surface area (Å²) in [4.78, 5) is 0. The second-order valence-electron chi connectivity index (χ2n) is 8.91. The molecule has 22 heavy (non-hydrogen) atoms. The van der Waals surface area contributed by atoms with E-state index in [9.17, 15) is 14.6 Å². The quantitative estimate of drug-likeness (QED) is 0.665. The van der Waals surface area contributed by atoms with E-state index in [0.29, 0.717) is 18.3 Å². The fraction of sp³-hybridized carbons (Fsp3) is 0.895. The number of alkyl halides is 1. The highest BCUT2D eigenvalue weighted by molar-refractivity contribution is 5.25. The van der Waals surface area contributed by atoms with Crippen LogP contribution < -0.4 is 0 Å². The second-order valence-corrected chi connectivity index (χ2v) is 8.91. The molecule has 2 unspecified atom stereocenters. The maximum Gasteiger partial charge on any atom is 0.212 e. The highest BCUT2D eigenvalue weighted by Gasteiger charge is 2.64. The van der Waals surface area contributed by atoms with E-state index in [4.69, 9.17) is 0 Å². The first-order chi connectivity index (χ1) is 10.3. The van der Waals surface area contributed by atoms with E-state index in [-0.39, 0.29) is 17.4 Å². The van der Waals surface area contributed by atoms with Gasteiger partial charge in [-0.1, -0.05) is 25.5 Å². The van der Waals surface area contributed by atoms with Crippen LogP contribution in [0.15, 0.2) is 11.6 Å². The average Bonchev–Trinajstić information content (AvgIpc) is 2.68. The van der Waals surface area contributed by atoms with Gasteiger partial charge in [-0.05, 0) is 68.1 Å². The van der Waals surface area contributed by atoms with Crippen molar-refractivity contribution >= 4 is 0 Å². The van der Waals surface area contributed by atoms with Crippen LogP contribution in [0.1, 0.15) is 65.2 Å². The van der Waals surface area contributed by atoms with Gasteiger partial charge in [0.1, 0.15) is 0 Å². The molecular formula is C19H29FO2. The minimum Gasteiger partial charge on any atom is -0.393 e. The van der Waals surface area contributed by atoms with Crippen LogP contribution in [-0.2, 0) is 0 Å². The predicted molar refractivity (Wildman–Crippen MR) is 83.8 cm³/mol. The number of hydrogen-bond acceptors (Lipinski definition) is 2. The molecule has 0 aromatic carbocycles. The number of fused-ring (bicyclic) bond motifs is 5. The molecule has 4 aliphatic rings. The first kappa shape index (κ1) is 15.1. The lowest BCUT2D eigenvalue weighted by Gasteiger charge is -2.58. The van der Waals surface area contributed by atoms with Crippen LogP contribution in [-0.4, -0.2) is 22.2 Å². The van der Waals surface area contributed by atoms with Crippen molar-refractivity contribution in [2.24, 2.45) is 28.6 Å². The second kappa shape index (κ2) is 4.57. The molecular weight excluding hydrogens is 279 g/mol. The molecule has 0 heterocycles. The number of hydrogen-bond donors (Lipinski definition) is 2. The van der Waals surface area contributed by atoms with Crippen molar-refractivity contribution in [3.63, 3.8) is 0 Å². The van der Waals surface area contributed by atoms with Gasteiger partial charge in [0, 0.05) is 11.8 Å². The Balaban J connectivity index is 1.70. The molecule has 7 atom stereocenters. The Kier molecular flexibility index (Phi) is 3.14. The van der Waals surface area contributed by atoms with Crippen molar-refractivity contribution in [2.75, 3.05) is 0 Å². The van der Waals surface area contributed by atoms with Crippen molar-refractivity contribution in [2.45, 2.75) is 77.2 Å². The topological polar surface area (TPSA) is 40.5 Å². The predicted octanol–water partition coefficient (Wildman–Crippen LogP) is 3.97. The Morgan fingerprint density at radius 1 is 1.14 bits per heavy atom. The molecule has 0 spiro atoms. The Labute approximate surface area is 132 Å². The van der Waals surface area contributed by atoms with E-state index in [1.54, 1.807) is 0 Å². The van der Waals surface area contributed by atoms with E-state index < -0.39 is 11.3 Å². The van der Waals surface area contributed by atoms with Gasteiger partial charge in [-0.2, -0.15) is 0 Å². The van der Waals surface area contributed by atoms with E-state index in [1.165, 1.54) is 5.57 Å². The fourth-order valence-corrected chi connectivity index (χ4v) is 6.70. The minimum atomic E-state index is -1.99. The summed E-state index contributed by atoms with van der Waals surface area (Å²) in [7, 11) is 0. The molecule has 4 aliphatic carbocycles. The molecule has 0 aromatic rings. The van der Waals surface area contributed by atoms with E-state index in [2.05, 4.69) is 13.0 Å². The number of allylic oxidation sites excluding steroid dienone is 2. The van der Waals surface area contributed by atoms with Crippen LogP contribution in [0, 0.1) is 28.6 Å². The number of rotatable bonds is 0. The smallest absolute Gasteiger partial charge is 0.212 e. The molecule has 0 bridgehead atoms. The summed E-state index contributed by atoms with van der Waals surface area (Å²) in [5.74, 6) is -0.675. The van der Waals surface area contributed by atoms with E-state index in [0.717, 1.165) is 44.9 Å². The van der Waals surface area contributed by atoms with Crippen molar-refractivity contribution in [1.29, 1.82) is 0 Å². The molecule has 0 radical (unpaired) electrons. The van der Waals surface area contributed by atoms with Crippen molar-refractivity contribution in [3.05, 3.63) is 11.6 Å². The van der Waals surface area contributed by atoms with Crippen molar-refractivity contribution < 1.29 is 14.6 Å². The lowest BCUT2D eigenvalue weighted by molar-refractivity contribution is -0.198. The first-order valence-corrected chi connectivity index (χ1v) is 9.07. The summed E-state index contributed by atoms with van der Waals surface area (Å²) in [5.41, 5.74) is 1.07. The highest BCUT2D eigenvalue weighted by atomic mass is 19.2. The Morgan fingerprint density at radius 3 is 2.64 bits per heavy atom. The van der Waals surface area contributed by atoms with Gasteiger partial charge in [-0.25, -0.2) is 4.39 Å². The fourth-order valence-electron chi connectivity index (χ4n) is 6.70. The molecule has 124 valence electrons. The zero-order valence-electron chi connectivity index (χ0n) is 13.8. The molecule has 0 saturated heterocycles. The molecule has 0 amide bonds. The van der Waals surface area contributed by atoms with Gasteiger partial charge in [0.2, 0.25) is 5.85 Å². The highest BCUT2D eigenvalue weighted by Crippen LogP contribution is 2.67. The van der Waals surface area contributed by atoms with Crippen LogP contribution in [0.5, 0.6) is 0 Å². The third-order valence-electron chi connectivity index (χ3n) is 8.08. The third-order valence-corrected chi connectivity index (χ3v) is 8.08. The summed E-state index contributed by atoms with van der Waals surface area (Å²) in [5, 5.41) is 20.5. The van der Waals surface area contributed by atoms with Crippen LogP contribution >= 0.6 is 0 Å². The van der Waals surface area contributed by atoms with Gasteiger partial charge in [0.15, 0.2) is 0 Å². The zero-order chi connectivity index (χ0) is 15.8. The maximum atomic E-state index is 14.7. The van der Waals surface area contributed by atoms with Crippen LogP contribution in [0.25, 0.3) is 0 Å². The van der Waals surface area contributed by atoms with Gasteiger partial charge in [0.05, 0.1) is 6.10 Å². The molecule has 2 nitrogen and oxygen atoms in total. The minimum absolute atomic E-state index is 0.0962. The summed E-state index contributed by atoms with van der Waals surface area (Å²) < 4.78 is 14.7. The third kappa shape index (κ3) is 1.78. The number of aliphatic hydroxyl groups excluding tert-OH is 1. The molecule has 0 aliphatic heterocycles. The summed E-state index contributed by atoms with van der Waals surface area (Å²) in [6.45, 7) is 4.30. The zero-order valence-corrected chi connectivity index (χ0v) is 13.8. The van der Waals surface area contributed by atoms with Crippen LogP contribution in [0.2, 0.25) is 0 Å². The molecule has 3 saturated carbocycles. The molecule has 4 rings (SSSR count). The summed E-state index contributed by atoms with van der Waals surface area (Å²) in [6, 6.07) is 0. The lowest BCUT2D eigenvalue weighted by Crippen LogP contribution is -2.53. The van der Waals surface area contributed by atoms with Crippen LogP contribution in [0.3, 0.4) is 0 Å². The summed E-state index contributed by atoms with van der Waals surface area (Å²) in [6.07, 6.45) is 8.92. The average molecular weight is 308 g/mol. The van der Waals surface area contributed by atoms with Crippen molar-refractivity contribution in [3.8, 4) is 0 Å². The van der Waals surface area contributed by atoms with Crippen molar-refractivity contribution in [1.82, 2.24) is 0 Å². The standard InChI is InChI=1S/C19H29FO2/c1-17-11-13(21)5-3-12(17)4-6-14-15(17)7-9-18(2)16(14)8-10-19(18,20)22/h4,13-16,21-22H,3,5-11H2,1-2H3/t13?,14-,15-,16+,17+,18+,19?/m1/s1. The molecule has 3 fully saturated rings. The SMILES string of the molecule is C[C@]12CC(O)CCC1=CC[C@@H]1[C@H]2CC[C@@]2(C)[C@H]1CCC2(O)F. The Morgan fingerprint density at radius 2 is 1.86 bits per heavy atom. The summed E-state index contributed by atoms with van der Waals surface area (Å²) >= 11 is 0.